The molecule has 0 radical (unpaired) electrons. The Balaban J connectivity index is 2.18. The van der Waals surface area contributed by atoms with Gasteiger partial charge in [0.05, 0.1) is 18.6 Å². The van der Waals surface area contributed by atoms with E-state index in [1.165, 1.54) is 0 Å². The Morgan fingerprint density at radius 2 is 2.24 bits per heavy atom. The molecule has 2 bridgehead atoms. The molecule has 0 aromatic heterocycles. The van der Waals surface area contributed by atoms with Crippen LogP contribution in [-0.4, -0.2) is 30.4 Å². The molecule has 0 aliphatic carbocycles. The third-order valence-electron chi connectivity index (χ3n) is 3.32. The van der Waals surface area contributed by atoms with Crippen LogP contribution in [0.3, 0.4) is 0 Å². The van der Waals surface area contributed by atoms with Crippen molar-refractivity contribution in [3.8, 4) is 0 Å². The molecule has 0 saturated carbocycles. The van der Waals surface area contributed by atoms with Crippen molar-refractivity contribution >= 4 is 11.9 Å². The topological polar surface area (TPSA) is 61.8 Å². The normalized spacial score (nSPS) is 39.2. The van der Waals surface area contributed by atoms with Crippen molar-refractivity contribution in [2.75, 3.05) is 6.61 Å². The summed E-state index contributed by atoms with van der Waals surface area (Å²) in [6.07, 6.45) is 2.28. The van der Waals surface area contributed by atoms with Crippen LogP contribution >= 0.6 is 0 Å². The zero-order valence-corrected chi connectivity index (χ0v) is 10.1. The van der Waals surface area contributed by atoms with Crippen molar-refractivity contribution in [1.82, 2.24) is 0 Å². The molecule has 5 heteroatoms. The van der Waals surface area contributed by atoms with E-state index in [1.807, 2.05) is 6.92 Å². The number of Topliss-reactive ketones (excluding diaryl/α,β-unsaturated/α-hetero) is 1. The predicted molar refractivity (Wildman–Crippen MR) is 58.2 cm³/mol. The van der Waals surface area contributed by atoms with E-state index in [2.05, 4.69) is 0 Å². The number of ether oxygens (including phenoxy) is 3. The van der Waals surface area contributed by atoms with E-state index in [4.69, 9.17) is 14.2 Å². The molecule has 2 rings (SSSR count). The van der Waals surface area contributed by atoms with Gasteiger partial charge < -0.3 is 14.2 Å². The maximum Gasteiger partial charge on any atom is 0.511 e. The molecule has 0 spiro atoms. The Hall–Kier alpha value is -1.36. The van der Waals surface area contributed by atoms with Crippen LogP contribution in [-0.2, 0) is 19.0 Å². The van der Waals surface area contributed by atoms with Crippen molar-refractivity contribution in [1.29, 1.82) is 0 Å². The van der Waals surface area contributed by atoms with Crippen molar-refractivity contribution in [3.63, 3.8) is 0 Å². The molecular formula is C12H16O5. The number of fused-ring (bicyclic) bond motifs is 2. The number of ketones is 1. The number of hydrogen-bond donors (Lipinski definition) is 0. The average molecular weight is 240 g/mol. The summed E-state index contributed by atoms with van der Waals surface area (Å²) in [6, 6.07) is 0. The molecule has 94 valence electrons. The van der Waals surface area contributed by atoms with Gasteiger partial charge in [-0.2, -0.15) is 0 Å². The molecule has 2 aliphatic heterocycles. The fourth-order valence-electron chi connectivity index (χ4n) is 2.21. The van der Waals surface area contributed by atoms with Crippen molar-refractivity contribution in [2.24, 2.45) is 11.8 Å². The van der Waals surface area contributed by atoms with Crippen molar-refractivity contribution < 1.29 is 23.8 Å². The van der Waals surface area contributed by atoms with Gasteiger partial charge in [-0.3, -0.25) is 4.79 Å². The minimum Gasteiger partial charge on any atom is -0.435 e. The summed E-state index contributed by atoms with van der Waals surface area (Å²) < 4.78 is 15.5. The van der Waals surface area contributed by atoms with Crippen LogP contribution in [0.25, 0.3) is 0 Å². The smallest absolute Gasteiger partial charge is 0.435 e. The van der Waals surface area contributed by atoms with Gasteiger partial charge in [-0.25, -0.2) is 4.79 Å². The van der Waals surface area contributed by atoms with Gasteiger partial charge in [-0.15, -0.1) is 0 Å². The maximum atomic E-state index is 12.0. The van der Waals surface area contributed by atoms with E-state index >= 15 is 0 Å². The van der Waals surface area contributed by atoms with Gasteiger partial charge in [0.25, 0.3) is 0 Å². The highest BCUT2D eigenvalue weighted by Gasteiger charge is 2.55. The fourth-order valence-corrected chi connectivity index (χ4v) is 2.21. The van der Waals surface area contributed by atoms with Crippen LogP contribution in [0.5, 0.6) is 0 Å². The summed E-state index contributed by atoms with van der Waals surface area (Å²) in [5.74, 6) is -1.96. The summed E-state index contributed by atoms with van der Waals surface area (Å²) in [5.41, 5.74) is 0. The molecule has 2 aliphatic rings. The van der Waals surface area contributed by atoms with E-state index in [1.54, 1.807) is 26.0 Å². The summed E-state index contributed by atoms with van der Waals surface area (Å²) >= 11 is 0. The summed E-state index contributed by atoms with van der Waals surface area (Å²) in [6.45, 7) is 5.42. The van der Waals surface area contributed by atoms with E-state index in [9.17, 15) is 9.59 Å². The van der Waals surface area contributed by atoms with Gasteiger partial charge in [-0.05, 0) is 19.9 Å². The minimum absolute atomic E-state index is 0.0375. The molecule has 0 amide bonds. The zero-order chi connectivity index (χ0) is 12.6. The molecule has 5 nitrogen and oxygen atoms in total. The van der Waals surface area contributed by atoms with E-state index < -0.39 is 17.9 Å². The van der Waals surface area contributed by atoms with Crippen LogP contribution in [0, 0.1) is 11.8 Å². The Labute approximate surface area is 99.7 Å². The third kappa shape index (κ3) is 1.84. The van der Waals surface area contributed by atoms with Crippen LogP contribution in [0.15, 0.2) is 12.2 Å². The average Bonchev–Trinajstić information content (AvgIpc) is 2.68. The first-order valence-corrected chi connectivity index (χ1v) is 5.77. The number of hydrogen-bond acceptors (Lipinski definition) is 5. The maximum absolute atomic E-state index is 12.0. The standard InChI is InChI=1S/C12H16O5/c1-4-15-11(14)17-12-6-5-9(16-12)7(2)10(13)8(12)3/h5-9H,4H2,1-3H3/t7-,8+,9+,12-/m0/s1. The SMILES string of the molecule is CCOC(=O)O[C@]12C=C[C@@H](O1)[C@H](C)C(=O)[C@H]2C. The number of rotatable bonds is 2. The summed E-state index contributed by atoms with van der Waals surface area (Å²) in [4.78, 5) is 23.3. The van der Waals surface area contributed by atoms with Crippen LogP contribution in [0.4, 0.5) is 4.79 Å². The highest BCUT2D eigenvalue weighted by molar-refractivity contribution is 5.86. The summed E-state index contributed by atoms with van der Waals surface area (Å²) in [5, 5.41) is 0. The largest absolute Gasteiger partial charge is 0.511 e. The minimum atomic E-state index is -1.28. The van der Waals surface area contributed by atoms with Gasteiger partial charge in [0.15, 0.2) is 0 Å². The molecule has 2 heterocycles. The number of carbonyl (C=O) groups excluding carboxylic acids is 2. The van der Waals surface area contributed by atoms with Gasteiger partial charge in [-0.1, -0.05) is 13.0 Å². The van der Waals surface area contributed by atoms with E-state index in [-0.39, 0.29) is 24.4 Å². The first kappa shape index (κ1) is 12.1. The lowest BCUT2D eigenvalue weighted by atomic mass is 9.86. The molecule has 0 aromatic carbocycles. The van der Waals surface area contributed by atoms with Gasteiger partial charge in [0, 0.05) is 5.92 Å². The zero-order valence-electron chi connectivity index (χ0n) is 10.1. The molecule has 4 atom stereocenters. The highest BCUT2D eigenvalue weighted by atomic mass is 16.8. The molecule has 0 unspecified atom stereocenters. The van der Waals surface area contributed by atoms with Gasteiger partial charge in [0.2, 0.25) is 5.79 Å². The Morgan fingerprint density at radius 3 is 2.88 bits per heavy atom. The van der Waals surface area contributed by atoms with Crippen molar-refractivity contribution in [2.45, 2.75) is 32.7 Å². The Kier molecular flexibility index (Phi) is 2.95. The second-order valence-corrected chi connectivity index (χ2v) is 4.36. The Morgan fingerprint density at radius 1 is 1.53 bits per heavy atom. The second kappa shape index (κ2) is 4.14. The number of carbonyl (C=O) groups is 2. The van der Waals surface area contributed by atoms with Crippen LogP contribution in [0.1, 0.15) is 20.8 Å². The quantitative estimate of drug-likeness (QED) is 0.542. The fraction of sp³-hybridized carbons (Fsp3) is 0.667. The van der Waals surface area contributed by atoms with E-state index in [0.29, 0.717) is 0 Å². The lowest BCUT2D eigenvalue weighted by Crippen LogP contribution is -2.52. The molecule has 17 heavy (non-hydrogen) atoms. The lowest BCUT2D eigenvalue weighted by molar-refractivity contribution is -0.234. The molecule has 0 N–H and O–H groups in total. The van der Waals surface area contributed by atoms with Gasteiger partial charge in [0.1, 0.15) is 5.78 Å². The predicted octanol–water partition coefficient (Wildman–Crippen LogP) is 1.67. The van der Waals surface area contributed by atoms with Crippen LogP contribution < -0.4 is 0 Å². The molecule has 1 fully saturated rings. The molecular weight excluding hydrogens is 224 g/mol. The monoisotopic (exact) mass is 240 g/mol. The van der Waals surface area contributed by atoms with E-state index in [0.717, 1.165) is 0 Å². The Bertz CT molecular complexity index is 375. The first-order valence-electron chi connectivity index (χ1n) is 5.77. The molecule has 0 aromatic rings. The lowest BCUT2D eigenvalue weighted by Gasteiger charge is -2.39. The third-order valence-corrected chi connectivity index (χ3v) is 3.32. The van der Waals surface area contributed by atoms with Gasteiger partial charge >= 0.3 is 6.16 Å². The first-order chi connectivity index (χ1) is 8.00. The second-order valence-electron chi connectivity index (χ2n) is 4.36. The van der Waals surface area contributed by atoms with Crippen molar-refractivity contribution in [3.05, 3.63) is 12.2 Å². The highest BCUT2D eigenvalue weighted by Crippen LogP contribution is 2.42. The summed E-state index contributed by atoms with van der Waals surface area (Å²) in [7, 11) is 0. The molecule has 1 saturated heterocycles. The van der Waals surface area contributed by atoms with Crippen LogP contribution in [0.2, 0.25) is 0 Å².